The second kappa shape index (κ2) is 10.5. The fourth-order valence-corrected chi connectivity index (χ4v) is 3.57. The number of nitrogens with zero attached hydrogens (tertiary/aromatic N) is 3. The number of hydrogen-bond donors (Lipinski definition) is 1. The molecular weight excluding hydrogens is 406 g/mol. The molecule has 1 aromatic heterocycles. The van der Waals surface area contributed by atoms with E-state index in [1.165, 1.54) is 0 Å². The number of pyridine rings is 1. The van der Waals surface area contributed by atoms with Crippen LogP contribution in [-0.4, -0.2) is 78.8 Å². The van der Waals surface area contributed by atoms with Crippen molar-refractivity contribution in [3.05, 3.63) is 53.2 Å². The quantitative estimate of drug-likeness (QED) is 0.724. The van der Waals surface area contributed by atoms with Gasteiger partial charge in [-0.2, -0.15) is 0 Å². The Bertz CT molecular complexity index is 994. The largest absolute Gasteiger partial charge is 0.497 e. The van der Waals surface area contributed by atoms with E-state index in [0.717, 1.165) is 11.3 Å². The zero-order valence-corrected chi connectivity index (χ0v) is 19.3. The maximum absolute atomic E-state index is 13.4. The van der Waals surface area contributed by atoms with Crippen LogP contribution in [0, 0.1) is 17.8 Å². The minimum Gasteiger partial charge on any atom is -0.497 e. The lowest BCUT2D eigenvalue weighted by Crippen LogP contribution is -2.49. The molecule has 0 aliphatic carbocycles. The van der Waals surface area contributed by atoms with E-state index in [1.807, 2.05) is 45.3 Å². The predicted molar refractivity (Wildman–Crippen MR) is 123 cm³/mol. The van der Waals surface area contributed by atoms with Crippen LogP contribution in [-0.2, 0) is 0 Å². The molecule has 0 unspecified atom stereocenters. The molecule has 3 rings (SSSR count). The van der Waals surface area contributed by atoms with Crippen LogP contribution in [0.2, 0.25) is 0 Å². The molecule has 1 aliphatic heterocycles. The molecule has 1 N–H and O–H groups in total. The first-order chi connectivity index (χ1) is 15.3. The molecule has 1 aliphatic rings. The third-order valence-electron chi connectivity index (χ3n) is 5.51. The first-order valence-electron chi connectivity index (χ1n) is 10.7. The number of aliphatic hydroxyl groups is 1. The monoisotopic (exact) mass is 437 g/mol. The van der Waals surface area contributed by atoms with Crippen molar-refractivity contribution >= 4 is 5.91 Å². The third-order valence-corrected chi connectivity index (χ3v) is 5.51. The molecule has 170 valence electrons. The van der Waals surface area contributed by atoms with Crippen molar-refractivity contribution in [3.63, 3.8) is 0 Å². The second-order valence-electron chi connectivity index (χ2n) is 8.44. The fourth-order valence-electron chi connectivity index (χ4n) is 3.57. The van der Waals surface area contributed by atoms with Crippen LogP contribution < -0.4 is 9.47 Å². The number of carbonyl (C=O) groups is 1. The second-order valence-corrected chi connectivity index (χ2v) is 8.44. The van der Waals surface area contributed by atoms with E-state index in [4.69, 9.17) is 9.47 Å². The number of rotatable bonds is 5. The van der Waals surface area contributed by atoms with Crippen molar-refractivity contribution in [1.29, 1.82) is 0 Å². The van der Waals surface area contributed by atoms with E-state index in [0.29, 0.717) is 30.1 Å². The van der Waals surface area contributed by atoms with E-state index in [1.54, 1.807) is 24.3 Å². The number of aromatic nitrogens is 1. The lowest BCUT2D eigenvalue weighted by Gasteiger charge is -2.37. The highest BCUT2D eigenvalue weighted by molar-refractivity contribution is 5.97. The zero-order valence-electron chi connectivity index (χ0n) is 19.3. The molecule has 32 heavy (non-hydrogen) atoms. The number of fused-ring (bicyclic) bond motifs is 1. The van der Waals surface area contributed by atoms with Gasteiger partial charge in [-0.15, -0.1) is 0 Å². The molecule has 0 radical (unpaired) electrons. The first-order valence-corrected chi connectivity index (χ1v) is 10.7. The van der Waals surface area contributed by atoms with E-state index < -0.39 is 0 Å². The van der Waals surface area contributed by atoms with Crippen LogP contribution in [0.4, 0.5) is 0 Å². The van der Waals surface area contributed by atoms with Crippen molar-refractivity contribution in [2.45, 2.75) is 26.0 Å². The molecule has 7 heteroatoms. The Labute approximate surface area is 190 Å². The zero-order chi connectivity index (χ0) is 23.3. The number of amides is 1. The molecule has 1 aromatic carbocycles. The molecule has 2 aromatic rings. The first kappa shape index (κ1) is 23.6. The van der Waals surface area contributed by atoms with Gasteiger partial charge in [0.2, 0.25) is 5.88 Å². The fraction of sp³-hybridized carbons (Fsp3) is 0.440. The summed E-state index contributed by atoms with van der Waals surface area (Å²) in [6.07, 6.45) is 1.48. The average Bonchev–Trinajstić information content (AvgIpc) is 2.79. The van der Waals surface area contributed by atoms with Gasteiger partial charge in [-0.25, -0.2) is 4.98 Å². The van der Waals surface area contributed by atoms with E-state index in [-0.39, 0.29) is 30.6 Å². The summed E-state index contributed by atoms with van der Waals surface area (Å²) in [7, 11) is 5.59. The van der Waals surface area contributed by atoms with E-state index in [2.05, 4.69) is 28.6 Å². The SMILES string of the molecule is COc1ccc(C#Cc2cnc3c(c2)C(=O)N([C@H](C)CO)C[C@@H](C)[C@@H](CN(C)C)O3)cc1. The van der Waals surface area contributed by atoms with Gasteiger partial charge in [-0.3, -0.25) is 4.79 Å². The number of benzene rings is 1. The van der Waals surface area contributed by atoms with Crippen LogP contribution >= 0.6 is 0 Å². The van der Waals surface area contributed by atoms with E-state index >= 15 is 0 Å². The van der Waals surface area contributed by atoms with Crippen LogP contribution in [0.1, 0.15) is 35.3 Å². The van der Waals surface area contributed by atoms with Crippen molar-refractivity contribution in [3.8, 4) is 23.5 Å². The minimum absolute atomic E-state index is 0.0693. The predicted octanol–water partition coefficient (Wildman–Crippen LogP) is 2.27. The summed E-state index contributed by atoms with van der Waals surface area (Å²) in [5, 5.41) is 9.73. The van der Waals surface area contributed by atoms with Crippen molar-refractivity contribution in [1.82, 2.24) is 14.8 Å². The molecule has 0 saturated heterocycles. The number of aliphatic hydroxyl groups excluding tert-OH is 1. The molecule has 0 saturated carbocycles. The van der Waals surface area contributed by atoms with Crippen LogP contribution in [0.25, 0.3) is 0 Å². The van der Waals surface area contributed by atoms with Gasteiger partial charge in [0.25, 0.3) is 5.91 Å². The summed E-state index contributed by atoms with van der Waals surface area (Å²) in [4.78, 5) is 21.6. The molecule has 0 fully saturated rings. The Morgan fingerprint density at radius 1 is 1.28 bits per heavy atom. The maximum atomic E-state index is 13.4. The molecule has 1 amide bonds. The summed E-state index contributed by atoms with van der Waals surface area (Å²) < 4.78 is 11.4. The summed E-state index contributed by atoms with van der Waals surface area (Å²) in [5.74, 6) is 7.10. The van der Waals surface area contributed by atoms with Gasteiger partial charge in [0, 0.05) is 36.3 Å². The Morgan fingerprint density at radius 3 is 2.59 bits per heavy atom. The molecule has 0 spiro atoms. The van der Waals surface area contributed by atoms with Crippen LogP contribution in [0.15, 0.2) is 36.5 Å². The van der Waals surface area contributed by atoms with Crippen molar-refractivity contribution in [2.24, 2.45) is 5.92 Å². The van der Waals surface area contributed by atoms with E-state index in [9.17, 15) is 9.90 Å². The number of likely N-dealkylation sites (N-methyl/N-ethyl adjacent to an activating group) is 1. The number of carbonyl (C=O) groups excluding carboxylic acids is 1. The minimum atomic E-state index is -0.315. The van der Waals surface area contributed by atoms with Gasteiger partial charge >= 0.3 is 0 Å². The summed E-state index contributed by atoms with van der Waals surface area (Å²) in [5.41, 5.74) is 1.81. The molecule has 3 atom stereocenters. The molecule has 0 bridgehead atoms. The lowest BCUT2D eigenvalue weighted by molar-refractivity contribution is 0.0348. The third kappa shape index (κ3) is 5.58. The molecular formula is C25H31N3O4. The van der Waals surface area contributed by atoms with Crippen LogP contribution in [0.5, 0.6) is 11.6 Å². The Hall–Kier alpha value is -3.08. The highest BCUT2D eigenvalue weighted by Gasteiger charge is 2.33. The van der Waals surface area contributed by atoms with Gasteiger partial charge in [-0.05, 0) is 51.4 Å². The molecule has 7 nitrogen and oxygen atoms in total. The van der Waals surface area contributed by atoms with Gasteiger partial charge in [0.05, 0.1) is 19.8 Å². The Morgan fingerprint density at radius 2 is 1.97 bits per heavy atom. The van der Waals surface area contributed by atoms with Crippen molar-refractivity contribution < 1.29 is 19.4 Å². The highest BCUT2D eigenvalue weighted by Crippen LogP contribution is 2.27. The van der Waals surface area contributed by atoms with Gasteiger partial charge < -0.3 is 24.4 Å². The standard InChI is InChI=1S/C25H31N3O4/c1-17-14-28(18(2)16-29)25(30)22-12-20(7-6-19-8-10-21(31-5)11-9-19)13-26-24(22)32-23(17)15-27(3)4/h8-13,17-18,23,29H,14-16H2,1-5H3/t17-,18-,23-/m1/s1. The topological polar surface area (TPSA) is 75.1 Å². The van der Waals surface area contributed by atoms with Gasteiger partial charge in [0.1, 0.15) is 17.4 Å². The number of ether oxygens (including phenoxy) is 2. The summed E-state index contributed by atoms with van der Waals surface area (Å²) in [6, 6.07) is 8.85. The Balaban J connectivity index is 1.97. The smallest absolute Gasteiger partial charge is 0.259 e. The highest BCUT2D eigenvalue weighted by atomic mass is 16.5. The van der Waals surface area contributed by atoms with Gasteiger partial charge in [-0.1, -0.05) is 18.8 Å². The Kier molecular flexibility index (Phi) is 7.73. The molecule has 2 heterocycles. The maximum Gasteiger partial charge on any atom is 0.259 e. The normalized spacial score (nSPS) is 19.2. The summed E-state index contributed by atoms with van der Waals surface area (Å²) >= 11 is 0. The van der Waals surface area contributed by atoms with Gasteiger partial charge in [0.15, 0.2) is 0 Å². The summed E-state index contributed by atoms with van der Waals surface area (Å²) in [6.45, 7) is 4.96. The van der Waals surface area contributed by atoms with Crippen molar-refractivity contribution in [2.75, 3.05) is 40.9 Å². The number of methoxy groups -OCH3 is 1. The van der Waals surface area contributed by atoms with Crippen LogP contribution in [0.3, 0.4) is 0 Å². The number of hydrogen-bond acceptors (Lipinski definition) is 6. The lowest BCUT2D eigenvalue weighted by atomic mass is 10.00. The average molecular weight is 438 g/mol.